The molecule has 0 aliphatic heterocycles. The summed E-state index contributed by atoms with van der Waals surface area (Å²) in [5, 5.41) is 0. The second-order valence-electron chi connectivity index (χ2n) is 6.68. The monoisotopic (exact) mass is 372 g/mol. The summed E-state index contributed by atoms with van der Waals surface area (Å²) in [6, 6.07) is 9.18. The fourth-order valence-corrected chi connectivity index (χ4v) is 4.21. The van der Waals surface area contributed by atoms with Crippen molar-refractivity contribution in [2.75, 3.05) is 0 Å². The van der Waals surface area contributed by atoms with Crippen molar-refractivity contribution in [3.05, 3.63) is 51.3 Å². The first-order chi connectivity index (χ1) is 11.1. The Hall–Kier alpha value is -1.35. The van der Waals surface area contributed by atoms with Crippen molar-refractivity contribution in [3.8, 4) is 0 Å². The van der Waals surface area contributed by atoms with E-state index < -0.39 is 0 Å². The van der Waals surface area contributed by atoms with Crippen LogP contribution in [0.4, 0.5) is 5.69 Å². The third kappa shape index (κ3) is 3.60. The first-order valence-electron chi connectivity index (χ1n) is 8.55. The second-order valence-corrected chi connectivity index (χ2v) is 7.59. The minimum absolute atomic E-state index is 0.681. The normalized spacial score (nSPS) is 16.3. The molecule has 0 unspecified atom stereocenters. The molecule has 1 heterocycles. The van der Waals surface area contributed by atoms with Crippen molar-refractivity contribution < 1.29 is 0 Å². The van der Waals surface area contributed by atoms with Crippen LogP contribution in [0.5, 0.6) is 0 Å². The van der Waals surface area contributed by atoms with Gasteiger partial charge in [0.1, 0.15) is 0 Å². The molecule has 1 aliphatic rings. The van der Waals surface area contributed by atoms with E-state index >= 15 is 0 Å². The molecule has 1 aliphatic carbocycles. The van der Waals surface area contributed by atoms with Gasteiger partial charge in [0.25, 0.3) is 0 Å². The molecule has 3 rings (SSSR count). The van der Waals surface area contributed by atoms with Gasteiger partial charge in [0.2, 0.25) is 0 Å². The van der Waals surface area contributed by atoms with Crippen LogP contribution in [0.25, 0.3) is 0 Å². The smallest absolute Gasteiger partial charge is 0.0659 e. The molecule has 1 aromatic heterocycles. The van der Waals surface area contributed by atoms with Crippen LogP contribution < -0.4 is 0 Å². The highest BCUT2D eigenvalue weighted by molar-refractivity contribution is 9.10. The number of rotatable bonds is 3. The summed E-state index contributed by atoms with van der Waals surface area (Å²) in [5.74, 6) is 0. The number of aromatic nitrogens is 1. The molecule has 23 heavy (non-hydrogen) atoms. The van der Waals surface area contributed by atoms with Crippen LogP contribution in [-0.4, -0.2) is 10.8 Å². The minimum atomic E-state index is 0.681. The van der Waals surface area contributed by atoms with Gasteiger partial charge in [0.15, 0.2) is 0 Å². The molecule has 3 heteroatoms. The quantitative estimate of drug-likeness (QED) is 0.552. The standard InChI is InChI=1S/C20H25BrN2/c1-14-11-18(21)9-10-20(14)22-13-17-12-15(2)23(16(17)3)19-7-5-4-6-8-19/h9-13,19H,4-8H2,1-3H3. The first kappa shape index (κ1) is 16.5. The van der Waals surface area contributed by atoms with E-state index in [4.69, 9.17) is 4.99 Å². The van der Waals surface area contributed by atoms with Crippen molar-refractivity contribution in [3.63, 3.8) is 0 Å². The van der Waals surface area contributed by atoms with Gasteiger partial charge >= 0.3 is 0 Å². The Bertz CT molecular complexity index is 721. The molecule has 0 atom stereocenters. The summed E-state index contributed by atoms with van der Waals surface area (Å²) >= 11 is 3.51. The summed E-state index contributed by atoms with van der Waals surface area (Å²) < 4.78 is 3.64. The fraction of sp³-hybridized carbons (Fsp3) is 0.450. The van der Waals surface area contributed by atoms with Gasteiger partial charge in [-0.1, -0.05) is 35.2 Å². The van der Waals surface area contributed by atoms with E-state index in [1.165, 1.54) is 54.6 Å². The maximum absolute atomic E-state index is 4.72. The van der Waals surface area contributed by atoms with E-state index in [1.807, 2.05) is 12.3 Å². The molecule has 0 bridgehead atoms. The molecule has 0 saturated heterocycles. The predicted molar refractivity (Wildman–Crippen MR) is 102 cm³/mol. The van der Waals surface area contributed by atoms with Crippen LogP contribution in [0, 0.1) is 20.8 Å². The molecule has 0 N–H and O–H groups in total. The van der Waals surface area contributed by atoms with Crippen LogP contribution in [0.2, 0.25) is 0 Å². The predicted octanol–water partition coefficient (Wildman–Crippen LogP) is 6.43. The number of halogens is 1. The van der Waals surface area contributed by atoms with Crippen LogP contribution in [0.1, 0.15) is 60.7 Å². The zero-order valence-corrected chi connectivity index (χ0v) is 15.9. The zero-order valence-electron chi connectivity index (χ0n) is 14.3. The largest absolute Gasteiger partial charge is 0.345 e. The molecule has 0 radical (unpaired) electrons. The lowest BCUT2D eigenvalue weighted by molar-refractivity contribution is 0.346. The Balaban J connectivity index is 1.87. The highest BCUT2D eigenvalue weighted by atomic mass is 79.9. The number of hydrogen-bond acceptors (Lipinski definition) is 1. The summed E-state index contributed by atoms with van der Waals surface area (Å²) in [7, 11) is 0. The molecule has 0 amide bonds. The Labute approximate surface area is 147 Å². The number of benzene rings is 1. The minimum Gasteiger partial charge on any atom is -0.345 e. The van der Waals surface area contributed by atoms with Crippen molar-refractivity contribution in [1.82, 2.24) is 4.57 Å². The van der Waals surface area contributed by atoms with Crippen molar-refractivity contribution in [2.24, 2.45) is 4.99 Å². The molecule has 2 nitrogen and oxygen atoms in total. The van der Waals surface area contributed by atoms with Gasteiger partial charge in [-0.2, -0.15) is 0 Å². The van der Waals surface area contributed by atoms with Crippen molar-refractivity contribution >= 4 is 27.8 Å². The highest BCUT2D eigenvalue weighted by Crippen LogP contribution is 2.32. The van der Waals surface area contributed by atoms with Gasteiger partial charge in [-0.25, -0.2) is 0 Å². The van der Waals surface area contributed by atoms with E-state index in [9.17, 15) is 0 Å². The maximum Gasteiger partial charge on any atom is 0.0659 e. The Kier molecular flexibility index (Phi) is 5.05. The van der Waals surface area contributed by atoms with Gasteiger partial charge in [0, 0.05) is 33.7 Å². The average Bonchev–Trinajstić information content (AvgIpc) is 2.81. The molecule has 1 aromatic carbocycles. The molecule has 1 fully saturated rings. The van der Waals surface area contributed by atoms with E-state index in [-0.39, 0.29) is 0 Å². The third-order valence-corrected chi connectivity index (χ3v) is 5.46. The zero-order chi connectivity index (χ0) is 16.4. The van der Waals surface area contributed by atoms with Crippen LogP contribution in [0.3, 0.4) is 0 Å². The van der Waals surface area contributed by atoms with Gasteiger partial charge in [0.05, 0.1) is 5.69 Å². The lowest BCUT2D eigenvalue weighted by Crippen LogP contribution is -2.15. The fourth-order valence-electron chi connectivity index (χ4n) is 3.74. The van der Waals surface area contributed by atoms with Crippen LogP contribution >= 0.6 is 15.9 Å². The summed E-state index contributed by atoms with van der Waals surface area (Å²) in [5.41, 5.74) is 6.19. The molecule has 122 valence electrons. The van der Waals surface area contributed by atoms with Gasteiger partial charge < -0.3 is 4.57 Å². The van der Waals surface area contributed by atoms with E-state index in [0.29, 0.717) is 6.04 Å². The SMILES string of the molecule is Cc1cc(Br)ccc1N=Cc1cc(C)n(C2CCCCC2)c1C. The third-order valence-electron chi connectivity index (χ3n) is 4.96. The second kappa shape index (κ2) is 7.04. The first-order valence-corrected chi connectivity index (χ1v) is 9.34. The summed E-state index contributed by atoms with van der Waals surface area (Å²) in [4.78, 5) is 4.72. The van der Waals surface area contributed by atoms with E-state index in [2.05, 4.69) is 59.5 Å². The van der Waals surface area contributed by atoms with Gasteiger partial charge in [-0.15, -0.1) is 0 Å². The Morgan fingerprint density at radius 1 is 1.09 bits per heavy atom. The molecular weight excluding hydrogens is 348 g/mol. The van der Waals surface area contributed by atoms with Crippen molar-refractivity contribution in [1.29, 1.82) is 0 Å². The average molecular weight is 373 g/mol. The summed E-state index contributed by atoms with van der Waals surface area (Å²) in [6.07, 6.45) is 8.79. The Morgan fingerprint density at radius 2 is 1.83 bits per heavy atom. The molecule has 2 aromatic rings. The topological polar surface area (TPSA) is 17.3 Å². The number of hydrogen-bond donors (Lipinski definition) is 0. The molecular formula is C20H25BrN2. The van der Waals surface area contributed by atoms with Crippen LogP contribution in [-0.2, 0) is 0 Å². The molecule has 1 saturated carbocycles. The molecule has 0 spiro atoms. The van der Waals surface area contributed by atoms with E-state index in [0.717, 1.165) is 10.2 Å². The number of aryl methyl sites for hydroxylation is 2. The number of nitrogens with zero attached hydrogens (tertiary/aromatic N) is 2. The summed E-state index contributed by atoms with van der Waals surface area (Å²) in [6.45, 7) is 6.56. The van der Waals surface area contributed by atoms with Gasteiger partial charge in [-0.05, 0) is 63.4 Å². The number of aliphatic imine (C=N–C) groups is 1. The Morgan fingerprint density at radius 3 is 2.52 bits per heavy atom. The lowest BCUT2D eigenvalue weighted by Gasteiger charge is -2.26. The highest BCUT2D eigenvalue weighted by Gasteiger charge is 2.19. The lowest BCUT2D eigenvalue weighted by atomic mass is 9.95. The van der Waals surface area contributed by atoms with E-state index in [1.54, 1.807) is 0 Å². The van der Waals surface area contributed by atoms with Crippen molar-refractivity contribution in [2.45, 2.75) is 58.9 Å². The maximum atomic E-state index is 4.72. The van der Waals surface area contributed by atoms with Gasteiger partial charge in [-0.3, -0.25) is 4.99 Å². The van der Waals surface area contributed by atoms with Crippen LogP contribution in [0.15, 0.2) is 33.7 Å².